The molecule has 0 aliphatic carbocycles. The molecule has 0 unspecified atom stereocenters. The number of ether oxygens (including phenoxy) is 1. The third kappa shape index (κ3) is 5.41. The van der Waals surface area contributed by atoms with Crippen molar-refractivity contribution in [3.63, 3.8) is 0 Å². The predicted molar refractivity (Wildman–Crippen MR) is 137 cm³/mol. The highest BCUT2D eigenvalue weighted by atomic mass is 16.5. The van der Waals surface area contributed by atoms with Gasteiger partial charge in [-0.05, 0) is 63.3 Å². The van der Waals surface area contributed by atoms with Gasteiger partial charge in [0.25, 0.3) is 0 Å². The fourth-order valence-electron chi connectivity index (χ4n) is 3.71. The van der Waals surface area contributed by atoms with Crippen LogP contribution in [0.1, 0.15) is 12.0 Å². The molecule has 0 saturated heterocycles. The van der Waals surface area contributed by atoms with Gasteiger partial charge in [-0.15, -0.1) is 0 Å². The van der Waals surface area contributed by atoms with E-state index in [2.05, 4.69) is 54.3 Å². The number of fused-ring (bicyclic) bond motifs is 1. The van der Waals surface area contributed by atoms with Gasteiger partial charge in [0.1, 0.15) is 17.1 Å². The van der Waals surface area contributed by atoms with Crippen LogP contribution >= 0.6 is 0 Å². The average Bonchev–Trinajstić information content (AvgIpc) is 2.83. The molecule has 0 radical (unpaired) electrons. The molecule has 0 amide bonds. The van der Waals surface area contributed by atoms with E-state index in [-0.39, 0.29) is 0 Å². The molecule has 0 spiro atoms. The molecule has 6 heteroatoms. The number of anilines is 4. The topological polar surface area (TPSA) is 53.5 Å². The molecule has 0 atom stereocenters. The van der Waals surface area contributed by atoms with Crippen LogP contribution in [0.15, 0.2) is 72.8 Å². The molecule has 170 valence electrons. The molecule has 0 bridgehead atoms. The van der Waals surface area contributed by atoms with E-state index in [0.717, 1.165) is 52.4 Å². The second-order valence-electron chi connectivity index (χ2n) is 8.36. The highest BCUT2D eigenvalue weighted by Crippen LogP contribution is 2.34. The van der Waals surface area contributed by atoms with Crippen LogP contribution in [-0.4, -0.2) is 49.2 Å². The first-order valence-corrected chi connectivity index (χ1v) is 11.2. The smallest absolute Gasteiger partial charge is 0.229 e. The van der Waals surface area contributed by atoms with Gasteiger partial charge in [0.2, 0.25) is 5.95 Å². The number of benzene rings is 3. The van der Waals surface area contributed by atoms with Crippen LogP contribution in [0.5, 0.6) is 5.75 Å². The number of hydrogen-bond acceptors (Lipinski definition) is 6. The molecule has 0 aliphatic heterocycles. The number of aromatic nitrogens is 2. The third-order valence-electron chi connectivity index (χ3n) is 5.53. The van der Waals surface area contributed by atoms with Crippen LogP contribution < -0.4 is 15.0 Å². The Hall–Kier alpha value is -3.64. The molecule has 0 aliphatic rings. The predicted octanol–water partition coefficient (Wildman–Crippen LogP) is 5.78. The minimum atomic E-state index is 0.541. The highest BCUT2D eigenvalue weighted by molar-refractivity contribution is 5.96. The molecule has 4 aromatic rings. The van der Waals surface area contributed by atoms with E-state index >= 15 is 0 Å². The summed E-state index contributed by atoms with van der Waals surface area (Å²) in [6.07, 6.45) is 0.944. The normalized spacial score (nSPS) is 11.1. The zero-order chi connectivity index (χ0) is 23.2. The van der Waals surface area contributed by atoms with Crippen LogP contribution in [0.3, 0.4) is 0 Å². The summed E-state index contributed by atoms with van der Waals surface area (Å²) in [5.74, 6) is 2.13. The minimum absolute atomic E-state index is 0.541. The molecule has 1 N–H and O–H groups in total. The summed E-state index contributed by atoms with van der Waals surface area (Å²) in [6.45, 7) is 3.67. The summed E-state index contributed by atoms with van der Waals surface area (Å²) in [5, 5.41) is 4.36. The van der Waals surface area contributed by atoms with Crippen molar-refractivity contribution in [2.75, 3.05) is 44.5 Å². The van der Waals surface area contributed by atoms with Crippen LogP contribution in [0, 0.1) is 6.92 Å². The van der Waals surface area contributed by atoms with E-state index in [9.17, 15) is 0 Å². The van der Waals surface area contributed by atoms with Crippen molar-refractivity contribution in [1.82, 2.24) is 14.9 Å². The Morgan fingerprint density at radius 1 is 0.848 bits per heavy atom. The summed E-state index contributed by atoms with van der Waals surface area (Å²) >= 11 is 0. The van der Waals surface area contributed by atoms with E-state index in [1.807, 2.05) is 61.6 Å². The Labute approximate surface area is 195 Å². The quantitative estimate of drug-likeness (QED) is 0.332. The van der Waals surface area contributed by atoms with Gasteiger partial charge in [0.15, 0.2) is 0 Å². The first kappa shape index (κ1) is 22.6. The Morgan fingerprint density at radius 2 is 1.61 bits per heavy atom. The van der Waals surface area contributed by atoms with Gasteiger partial charge in [-0.1, -0.05) is 42.5 Å². The Bertz CT molecular complexity index is 1210. The average molecular weight is 442 g/mol. The Morgan fingerprint density at radius 3 is 2.36 bits per heavy atom. The number of nitrogens with zero attached hydrogens (tertiary/aromatic N) is 4. The monoisotopic (exact) mass is 441 g/mol. The van der Waals surface area contributed by atoms with Gasteiger partial charge in [-0.2, -0.15) is 4.98 Å². The van der Waals surface area contributed by atoms with Crippen LogP contribution in [0.4, 0.5) is 23.1 Å². The molecule has 1 heterocycles. The number of para-hydroxylation sites is 3. The zero-order valence-corrected chi connectivity index (χ0v) is 19.7. The summed E-state index contributed by atoms with van der Waals surface area (Å²) in [5.41, 5.74) is 3.96. The number of rotatable bonds is 9. The summed E-state index contributed by atoms with van der Waals surface area (Å²) in [7, 11) is 6.17. The van der Waals surface area contributed by atoms with Crippen molar-refractivity contribution in [3.8, 4) is 5.75 Å². The van der Waals surface area contributed by atoms with Crippen molar-refractivity contribution in [2.45, 2.75) is 13.3 Å². The second-order valence-corrected chi connectivity index (χ2v) is 8.36. The van der Waals surface area contributed by atoms with E-state index in [4.69, 9.17) is 14.7 Å². The summed E-state index contributed by atoms with van der Waals surface area (Å²) in [4.78, 5) is 14.0. The van der Waals surface area contributed by atoms with Gasteiger partial charge >= 0.3 is 0 Å². The van der Waals surface area contributed by atoms with E-state index in [1.54, 1.807) is 0 Å². The van der Waals surface area contributed by atoms with E-state index in [1.165, 1.54) is 0 Å². The lowest BCUT2D eigenvalue weighted by atomic mass is 10.2. The molecule has 4 rings (SSSR count). The molecule has 33 heavy (non-hydrogen) atoms. The highest BCUT2D eigenvalue weighted by Gasteiger charge is 2.16. The SMILES string of the molecule is Cc1ccccc1Nc1nc(N(C)c2ccccc2)c2cccc(OCCCN(C)C)c2n1. The van der Waals surface area contributed by atoms with Crippen LogP contribution in [-0.2, 0) is 0 Å². The fourth-order valence-corrected chi connectivity index (χ4v) is 3.71. The van der Waals surface area contributed by atoms with Crippen LogP contribution in [0.2, 0.25) is 0 Å². The molecule has 0 saturated carbocycles. The summed E-state index contributed by atoms with van der Waals surface area (Å²) < 4.78 is 6.18. The number of nitrogens with one attached hydrogen (secondary N) is 1. The third-order valence-corrected chi connectivity index (χ3v) is 5.53. The van der Waals surface area contributed by atoms with E-state index in [0.29, 0.717) is 12.6 Å². The molecule has 1 aromatic heterocycles. The van der Waals surface area contributed by atoms with Crippen molar-refractivity contribution >= 4 is 34.0 Å². The molecular weight excluding hydrogens is 410 g/mol. The molecular formula is C27H31N5O. The zero-order valence-electron chi connectivity index (χ0n) is 19.7. The first-order valence-electron chi connectivity index (χ1n) is 11.2. The van der Waals surface area contributed by atoms with Crippen molar-refractivity contribution < 1.29 is 4.74 Å². The largest absolute Gasteiger partial charge is 0.491 e. The molecule has 0 fully saturated rings. The van der Waals surface area contributed by atoms with Gasteiger partial charge in [-0.25, -0.2) is 4.98 Å². The lowest BCUT2D eigenvalue weighted by Gasteiger charge is -2.22. The van der Waals surface area contributed by atoms with Gasteiger partial charge < -0.3 is 19.9 Å². The number of hydrogen-bond donors (Lipinski definition) is 1. The number of aryl methyl sites for hydroxylation is 1. The molecule has 3 aromatic carbocycles. The maximum absolute atomic E-state index is 6.18. The van der Waals surface area contributed by atoms with Crippen molar-refractivity contribution in [1.29, 1.82) is 0 Å². The maximum atomic E-state index is 6.18. The standard InChI is InChI=1S/C27H31N5O/c1-20-12-8-9-16-23(20)28-27-29-25-22(15-10-17-24(25)33-19-11-18-31(2)3)26(30-27)32(4)21-13-6-5-7-14-21/h5-10,12-17H,11,18-19H2,1-4H3,(H,28,29,30). The molecule has 6 nitrogen and oxygen atoms in total. The summed E-state index contributed by atoms with van der Waals surface area (Å²) in [6, 6.07) is 24.4. The van der Waals surface area contributed by atoms with Gasteiger partial charge in [0, 0.05) is 30.4 Å². The lowest BCUT2D eigenvalue weighted by Crippen LogP contribution is -2.16. The van der Waals surface area contributed by atoms with E-state index < -0.39 is 0 Å². The fraction of sp³-hybridized carbons (Fsp3) is 0.259. The first-order chi connectivity index (χ1) is 16.0. The minimum Gasteiger partial charge on any atom is -0.491 e. The Balaban J connectivity index is 1.77. The van der Waals surface area contributed by atoms with Gasteiger partial charge in [0.05, 0.1) is 6.61 Å². The second kappa shape index (κ2) is 10.3. The maximum Gasteiger partial charge on any atom is 0.229 e. The van der Waals surface area contributed by atoms with Crippen molar-refractivity contribution in [3.05, 3.63) is 78.4 Å². The van der Waals surface area contributed by atoms with Crippen molar-refractivity contribution in [2.24, 2.45) is 0 Å². The van der Waals surface area contributed by atoms with Gasteiger partial charge in [-0.3, -0.25) is 0 Å². The lowest BCUT2D eigenvalue weighted by molar-refractivity contribution is 0.284. The van der Waals surface area contributed by atoms with Crippen LogP contribution in [0.25, 0.3) is 10.9 Å². The Kier molecular flexibility index (Phi) is 7.05.